The van der Waals surface area contributed by atoms with E-state index in [1.54, 1.807) is 12.1 Å². The maximum absolute atomic E-state index is 10.6. The summed E-state index contributed by atoms with van der Waals surface area (Å²) in [6.45, 7) is 5.37. The Bertz CT molecular complexity index is 363. The average Bonchev–Trinajstić information content (AvgIpc) is 2.25. The van der Waals surface area contributed by atoms with Crippen LogP contribution in [0.3, 0.4) is 0 Å². The molecule has 0 atom stereocenters. The fourth-order valence-electron chi connectivity index (χ4n) is 1.48. The van der Waals surface area contributed by atoms with Crippen LogP contribution in [-0.4, -0.2) is 19.9 Å². The molecule has 0 fully saturated rings. The average molecular weight is 240 g/mol. The molecule has 88 valence electrons. The van der Waals surface area contributed by atoms with Crippen molar-refractivity contribution in [3.63, 3.8) is 0 Å². The van der Waals surface area contributed by atoms with Crippen molar-refractivity contribution in [2.45, 2.75) is 20.3 Å². The van der Waals surface area contributed by atoms with Crippen LogP contribution >= 0.6 is 11.6 Å². The van der Waals surface area contributed by atoms with E-state index in [9.17, 15) is 4.79 Å². The molecular formula is C13H18ClNO. The van der Waals surface area contributed by atoms with Gasteiger partial charge >= 0.3 is 0 Å². The lowest BCUT2D eigenvalue weighted by molar-refractivity contribution is 0.112. The molecule has 0 heterocycles. The Hall–Kier alpha value is -1.02. The Morgan fingerprint density at radius 2 is 2.12 bits per heavy atom. The number of carbonyl (C=O) groups is 1. The largest absolute Gasteiger partial charge is 0.373 e. The van der Waals surface area contributed by atoms with Gasteiger partial charge in [0.25, 0.3) is 0 Å². The van der Waals surface area contributed by atoms with Crippen LogP contribution < -0.4 is 4.90 Å². The van der Waals surface area contributed by atoms with Gasteiger partial charge in [0.05, 0.1) is 10.7 Å². The van der Waals surface area contributed by atoms with Crippen LogP contribution in [0.4, 0.5) is 5.69 Å². The summed E-state index contributed by atoms with van der Waals surface area (Å²) in [4.78, 5) is 12.7. The lowest BCUT2D eigenvalue weighted by atomic mass is 10.1. The van der Waals surface area contributed by atoms with E-state index in [0.717, 1.165) is 24.9 Å². The Morgan fingerprint density at radius 3 is 2.62 bits per heavy atom. The molecule has 0 saturated heterocycles. The molecule has 0 aliphatic heterocycles. The van der Waals surface area contributed by atoms with Gasteiger partial charge in [-0.15, -0.1) is 0 Å². The van der Waals surface area contributed by atoms with E-state index in [1.807, 2.05) is 13.1 Å². The summed E-state index contributed by atoms with van der Waals surface area (Å²) in [5, 5.41) is 0.635. The van der Waals surface area contributed by atoms with E-state index in [4.69, 9.17) is 11.6 Å². The predicted octanol–water partition coefficient (Wildman–Crippen LogP) is 3.63. The van der Waals surface area contributed by atoms with Crippen molar-refractivity contribution in [3.8, 4) is 0 Å². The molecule has 0 spiro atoms. The van der Waals surface area contributed by atoms with Crippen LogP contribution in [0.2, 0.25) is 5.02 Å². The number of rotatable bonds is 5. The van der Waals surface area contributed by atoms with Crippen LogP contribution in [0, 0.1) is 5.92 Å². The minimum absolute atomic E-state index is 0.617. The number of benzene rings is 1. The summed E-state index contributed by atoms with van der Waals surface area (Å²) < 4.78 is 0. The molecule has 0 aliphatic carbocycles. The molecule has 1 aromatic carbocycles. The van der Waals surface area contributed by atoms with Crippen molar-refractivity contribution in [3.05, 3.63) is 28.8 Å². The van der Waals surface area contributed by atoms with Gasteiger partial charge < -0.3 is 4.90 Å². The standard InChI is InChI=1S/C13H18ClNO/c1-10(2)6-7-15(3)13-5-4-11(9-16)8-12(13)14/h4-5,8-10H,6-7H2,1-3H3. The normalized spacial score (nSPS) is 10.6. The maximum atomic E-state index is 10.6. The van der Waals surface area contributed by atoms with Gasteiger partial charge in [-0.1, -0.05) is 25.4 Å². The smallest absolute Gasteiger partial charge is 0.150 e. The van der Waals surface area contributed by atoms with Crippen molar-refractivity contribution in [2.24, 2.45) is 5.92 Å². The zero-order valence-electron chi connectivity index (χ0n) is 10.0. The molecule has 1 aromatic rings. The van der Waals surface area contributed by atoms with Gasteiger partial charge in [-0.25, -0.2) is 0 Å². The van der Waals surface area contributed by atoms with Gasteiger partial charge in [0.15, 0.2) is 0 Å². The SMILES string of the molecule is CC(C)CCN(C)c1ccc(C=O)cc1Cl. The van der Waals surface area contributed by atoms with E-state index in [-0.39, 0.29) is 0 Å². The number of hydrogen-bond donors (Lipinski definition) is 0. The third kappa shape index (κ3) is 3.53. The molecule has 0 aliphatic rings. The van der Waals surface area contributed by atoms with Gasteiger partial charge in [-0.2, -0.15) is 0 Å². The number of nitrogens with zero attached hydrogens (tertiary/aromatic N) is 1. The van der Waals surface area contributed by atoms with E-state index >= 15 is 0 Å². The first-order chi connectivity index (χ1) is 7.54. The molecule has 3 heteroatoms. The second-order valence-corrected chi connectivity index (χ2v) is 4.84. The Morgan fingerprint density at radius 1 is 1.44 bits per heavy atom. The molecule has 16 heavy (non-hydrogen) atoms. The molecule has 0 saturated carbocycles. The summed E-state index contributed by atoms with van der Waals surface area (Å²) in [5.74, 6) is 0.676. The van der Waals surface area contributed by atoms with Crippen LogP contribution in [0.25, 0.3) is 0 Å². The highest BCUT2D eigenvalue weighted by Crippen LogP contribution is 2.26. The van der Waals surface area contributed by atoms with Crippen molar-refractivity contribution in [1.29, 1.82) is 0 Å². The Labute approximate surface area is 102 Å². The lowest BCUT2D eigenvalue weighted by Crippen LogP contribution is -2.20. The zero-order valence-corrected chi connectivity index (χ0v) is 10.8. The Balaban J connectivity index is 2.75. The molecule has 0 aromatic heterocycles. The number of halogens is 1. The topological polar surface area (TPSA) is 20.3 Å². The molecule has 0 unspecified atom stereocenters. The number of aldehydes is 1. The molecule has 0 radical (unpaired) electrons. The summed E-state index contributed by atoms with van der Waals surface area (Å²) in [5.41, 5.74) is 1.60. The maximum Gasteiger partial charge on any atom is 0.150 e. The minimum Gasteiger partial charge on any atom is -0.373 e. The van der Waals surface area contributed by atoms with Gasteiger partial charge in [0.2, 0.25) is 0 Å². The van der Waals surface area contributed by atoms with Gasteiger partial charge in [-0.05, 0) is 30.5 Å². The highest BCUT2D eigenvalue weighted by Gasteiger charge is 2.07. The fourth-order valence-corrected chi connectivity index (χ4v) is 1.81. The van der Waals surface area contributed by atoms with Gasteiger partial charge in [-0.3, -0.25) is 4.79 Å². The molecular weight excluding hydrogens is 222 g/mol. The summed E-state index contributed by atoms with van der Waals surface area (Å²) in [6.07, 6.45) is 1.94. The monoisotopic (exact) mass is 239 g/mol. The second-order valence-electron chi connectivity index (χ2n) is 4.43. The molecule has 2 nitrogen and oxygen atoms in total. The summed E-state index contributed by atoms with van der Waals surface area (Å²) in [7, 11) is 2.02. The van der Waals surface area contributed by atoms with Crippen molar-refractivity contribution in [1.82, 2.24) is 0 Å². The first-order valence-electron chi connectivity index (χ1n) is 5.50. The molecule has 0 bridgehead atoms. The van der Waals surface area contributed by atoms with Crippen molar-refractivity contribution >= 4 is 23.6 Å². The third-order valence-corrected chi connectivity index (χ3v) is 2.86. The lowest BCUT2D eigenvalue weighted by Gasteiger charge is -2.21. The van der Waals surface area contributed by atoms with E-state index in [2.05, 4.69) is 18.7 Å². The third-order valence-electron chi connectivity index (χ3n) is 2.56. The summed E-state index contributed by atoms with van der Waals surface area (Å²) in [6, 6.07) is 5.39. The molecule has 1 rings (SSSR count). The zero-order chi connectivity index (χ0) is 12.1. The van der Waals surface area contributed by atoms with Crippen LogP contribution in [0.1, 0.15) is 30.6 Å². The van der Waals surface area contributed by atoms with E-state index < -0.39 is 0 Å². The minimum atomic E-state index is 0.617. The predicted molar refractivity (Wildman–Crippen MR) is 69.6 cm³/mol. The van der Waals surface area contributed by atoms with Gasteiger partial charge in [0, 0.05) is 19.2 Å². The Kier molecular flexibility index (Phi) is 4.81. The van der Waals surface area contributed by atoms with Crippen molar-refractivity contribution in [2.75, 3.05) is 18.5 Å². The first kappa shape index (κ1) is 13.0. The summed E-state index contributed by atoms with van der Waals surface area (Å²) >= 11 is 6.12. The van der Waals surface area contributed by atoms with Crippen LogP contribution in [0.15, 0.2) is 18.2 Å². The molecule has 0 amide bonds. The number of carbonyl (C=O) groups excluding carboxylic acids is 1. The van der Waals surface area contributed by atoms with Crippen LogP contribution in [-0.2, 0) is 0 Å². The van der Waals surface area contributed by atoms with E-state index in [0.29, 0.717) is 16.5 Å². The fraction of sp³-hybridized carbons (Fsp3) is 0.462. The first-order valence-corrected chi connectivity index (χ1v) is 5.88. The van der Waals surface area contributed by atoms with Crippen LogP contribution in [0.5, 0.6) is 0 Å². The van der Waals surface area contributed by atoms with Crippen molar-refractivity contribution < 1.29 is 4.79 Å². The second kappa shape index (κ2) is 5.90. The number of anilines is 1. The molecule has 0 N–H and O–H groups in total. The highest BCUT2D eigenvalue weighted by molar-refractivity contribution is 6.33. The number of hydrogen-bond acceptors (Lipinski definition) is 2. The van der Waals surface area contributed by atoms with E-state index in [1.165, 1.54) is 0 Å². The highest BCUT2D eigenvalue weighted by atomic mass is 35.5. The quantitative estimate of drug-likeness (QED) is 0.732. The van der Waals surface area contributed by atoms with Gasteiger partial charge in [0.1, 0.15) is 6.29 Å².